The van der Waals surface area contributed by atoms with Crippen molar-refractivity contribution in [2.45, 2.75) is 13.3 Å². The number of amides is 1. The third-order valence-electron chi connectivity index (χ3n) is 3.15. The van der Waals surface area contributed by atoms with Gasteiger partial charge in [0.15, 0.2) is 0 Å². The predicted molar refractivity (Wildman–Crippen MR) is 71.7 cm³/mol. The van der Waals surface area contributed by atoms with Gasteiger partial charge >= 0.3 is 0 Å². The average molecular weight is 273 g/mol. The number of aryl methyl sites for hydroxylation is 1. The number of nitrogens with one attached hydrogen (secondary N) is 2. The van der Waals surface area contributed by atoms with E-state index in [2.05, 4.69) is 10.6 Å². The minimum atomic E-state index is -0.333. The molecular formula is C13H18ClFN2O. The fourth-order valence-electron chi connectivity index (χ4n) is 1.96. The maximum atomic E-state index is 13.3. The number of carbonyl (C=O) groups excluding carboxylic acids is 1. The van der Waals surface area contributed by atoms with Gasteiger partial charge in [-0.2, -0.15) is 0 Å². The summed E-state index contributed by atoms with van der Waals surface area (Å²) in [6.45, 7) is 4.30. The van der Waals surface area contributed by atoms with Crippen LogP contribution < -0.4 is 10.6 Å². The molecule has 2 N–H and O–H groups in total. The lowest BCUT2D eigenvalue weighted by atomic mass is 10.1. The van der Waals surface area contributed by atoms with Gasteiger partial charge in [0.1, 0.15) is 5.82 Å². The van der Waals surface area contributed by atoms with Crippen molar-refractivity contribution >= 4 is 18.3 Å². The number of benzene rings is 1. The highest BCUT2D eigenvalue weighted by Crippen LogP contribution is 2.10. The average Bonchev–Trinajstić information content (AvgIpc) is 2.82. The van der Waals surface area contributed by atoms with Gasteiger partial charge < -0.3 is 10.6 Å². The second-order valence-electron chi connectivity index (χ2n) is 4.53. The van der Waals surface area contributed by atoms with Crippen molar-refractivity contribution in [1.82, 2.24) is 10.6 Å². The van der Waals surface area contributed by atoms with Gasteiger partial charge in [-0.05, 0) is 50.0 Å². The fraction of sp³-hybridized carbons (Fsp3) is 0.462. The molecule has 1 aromatic rings. The van der Waals surface area contributed by atoms with Crippen molar-refractivity contribution in [3.63, 3.8) is 0 Å². The normalized spacial score (nSPS) is 18.2. The molecule has 0 bridgehead atoms. The summed E-state index contributed by atoms with van der Waals surface area (Å²) in [7, 11) is 0. The molecule has 2 rings (SSSR count). The number of halogens is 2. The zero-order valence-electron chi connectivity index (χ0n) is 10.3. The Balaban J connectivity index is 0.00000162. The summed E-state index contributed by atoms with van der Waals surface area (Å²) in [5.74, 6) is -0.0368. The first kappa shape index (κ1) is 14.9. The molecule has 1 aromatic carbocycles. The summed E-state index contributed by atoms with van der Waals surface area (Å²) in [5.41, 5.74) is 0.945. The van der Waals surface area contributed by atoms with Gasteiger partial charge in [-0.1, -0.05) is 6.07 Å². The largest absolute Gasteiger partial charge is 0.352 e. The standard InChI is InChI=1S/C13H17FN2O.ClH/c1-9-2-3-11(6-12(9)14)13(17)16-8-10-4-5-15-7-10;/h2-3,6,10,15H,4-5,7-8H2,1H3,(H,16,17);1H. The Labute approximate surface area is 113 Å². The molecule has 1 aliphatic heterocycles. The van der Waals surface area contributed by atoms with E-state index < -0.39 is 0 Å². The second-order valence-corrected chi connectivity index (χ2v) is 4.53. The van der Waals surface area contributed by atoms with Crippen LogP contribution in [0.3, 0.4) is 0 Å². The zero-order valence-corrected chi connectivity index (χ0v) is 11.1. The summed E-state index contributed by atoms with van der Waals surface area (Å²) in [4.78, 5) is 11.8. The van der Waals surface area contributed by atoms with E-state index in [0.29, 0.717) is 23.6 Å². The van der Waals surface area contributed by atoms with Gasteiger partial charge in [-0.25, -0.2) is 4.39 Å². The molecule has 0 aromatic heterocycles. The molecule has 1 aliphatic rings. The van der Waals surface area contributed by atoms with E-state index in [-0.39, 0.29) is 24.1 Å². The molecule has 1 unspecified atom stereocenters. The molecule has 18 heavy (non-hydrogen) atoms. The smallest absolute Gasteiger partial charge is 0.251 e. The Morgan fingerprint density at radius 1 is 1.56 bits per heavy atom. The van der Waals surface area contributed by atoms with Crippen molar-refractivity contribution in [2.75, 3.05) is 19.6 Å². The molecule has 1 heterocycles. The SMILES string of the molecule is Cc1ccc(C(=O)NCC2CCNC2)cc1F.Cl. The van der Waals surface area contributed by atoms with E-state index in [1.807, 2.05) is 0 Å². The fourth-order valence-corrected chi connectivity index (χ4v) is 1.96. The summed E-state index contributed by atoms with van der Waals surface area (Å²) < 4.78 is 13.3. The van der Waals surface area contributed by atoms with E-state index in [1.54, 1.807) is 19.1 Å². The molecule has 1 atom stereocenters. The Morgan fingerprint density at radius 2 is 2.33 bits per heavy atom. The quantitative estimate of drug-likeness (QED) is 0.882. The van der Waals surface area contributed by atoms with Crippen LogP contribution in [0.5, 0.6) is 0 Å². The number of carbonyl (C=O) groups is 1. The van der Waals surface area contributed by atoms with E-state index in [1.165, 1.54) is 6.07 Å². The first-order chi connectivity index (χ1) is 8.16. The highest BCUT2D eigenvalue weighted by Gasteiger charge is 2.15. The third kappa shape index (κ3) is 3.68. The van der Waals surface area contributed by atoms with E-state index in [9.17, 15) is 9.18 Å². The van der Waals surface area contributed by atoms with Crippen LogP contribution >= 0.6 is 12.4 Å². The van der Waals surface area contributed by atoms with Crippen LogP contribution in [0.1, 0.15) is 22.3 Å². The van der Waals surface area contributed by atoms with E-state index in [0.717, 1.165) is 19.5 Å². The molecule has 1 fully saturated rings. The summed E-state index contributed by atoms with van der Waals surface area (Å²) >= 11 is 0. The molecule has 0 aliphatic carbocycles. The van der Waals surface area contributed by atoms with Crippen molar-refractivity contribution in [3.8, 4) is 0 Å². The Hall–Kier alpha value is -1.13. The molecular weight excluding hydrogens is 255 g/mol. The Bertz CT molecular complexity index is 419. The predicted octanol–water partition coefficient (Wildman–Crippen LogP) is 1.90. The van der Waals surface area contributed by atoms with Gasteiger partial charge in [-0.15, -0.1) is 12.4 Å². The number of hydrogen-bond acceptors (Lipinski definition) is 2. The molecule has 1 saturated heterocycles. The van der Waals surface area contributed by atoms with Crippen LogP contribution in [-0.4, -0.2) is 25.5 Å². The highest BCUT2D eigenvalue weighted by molar-refractivity contribution is 5.94. The van der Waals surface area contributed by atoms with Gasteiger partial charge in [0, 0.05) is 12.1 Å². The van der Waals surface area contributed by atoms with Crippen LogP contribution in [0.2, 0.25) is 0 Å². The minimum Gasteiger partial charge on any atom is -0.352 e. The van der Waals surface area contributed by atoms with Crippen molar-refractivity contribution in [2.24, 2.45) is 5.92 Å². The first-order valence-electron chi connectivity index (χ1n) is 5.92. The van der Waals surface area contributed by atoms with Crippen molar-refractivity contribution < 1.29 is 9.18 Å². The van der Waals surface area contributed by atoms with Gasteiger partial charge in [-0.3, -0.25) is 4.79 Å². The third-order valence-corrected chi connectivity index (χ3v) is 3.15. The lowest BCUT2D eigenvalue weighted by Gasteiger charge is -2.10. The van der Waals surface area contributed by atoms with Crippen LogP contribution in [0.25, 0.3) is 0 Å². The van der Waals surface area contributed by atoms with Gasteiger partial charge in [0.2, 0.25) is 0 Å². The maximum Gasteiger partial charge on any atom is 0.251 e. The van der Waals surface area contributed by atoms with Crippen molar-refractivity contribution in [3.05, 3.63) is 35.1 Å². The van der Waals surface area contributed by atoms with E-state index >= 15 is 0 Å². The Morgan fingerprint density at radius 3 is 2.94 bits per heavy atom. The number of rotatable bonds is 3. The molecule has 3 nitrogen and oxygen atoms in total. The molecule has 0 radical (unpaired) electrons. The summed E-state index contributed by atoms with van der Waals surface area (Å²) in [6.07, 6.45) is 1.09. The summed E-state index contributed by atoms with van der Waals surface area (Å²) in [6, 6.07) is 4.57. The lowest BCUT2D eigenvalue weighted by molar-refractivity contribution is 0.0947. The number of hydrogen-bond donors (Lipinski definition) is 2. The van der Waals surface area contributed by atoms with Crippen molar-refractivity contribution in [1.29, 1.82) is 0 Å². The van der Waals surface area contributed by atoms with Crippen LogP contribution in [-0.2, 0) is 0 Å². The Kier molecular flexibility index (Phi) is 5.56. The minimum absolute atomic E-state index is 0. The lowest BCUT2D eigenvalue weighted by Crippen LogP contribution is -2.30. The van der Waals surface area contributed by atoms with Crippen LogP contribution in [0.4, 0.5) is 4.39 Å². The van der Waals surface area contributed by atoms with E-state index in [4.69, 9.17) is 0 Å². The van der Waals surface area contributed by atoms with Gasteiger partial charge in [0.05, 0.1) is 0 Å². The summed E-state index contributed by atoms with van der Waals surface area (Å²) in [5, 5.41) is 6.08. The monoisotopic (exact) mass is 272 g/mol. The molecule has 1 amide bonds. The molecule has 0 spiro atoms. The van der Waals surface area contributed by atoms with Crippen LogP contribution in [0.15, 0.2) is 18.2 Å². The molecule has 0 saturated carbocycles. The second kappa shape index (κ2) is 6.71. The topological polar surface area (TPSA) is 41.1 Å². The molecule has 100 valence electrons. The van der Waals surface area contributed by atoms with Crippen LogP contribution in [0, 0.1) is 18.7 Å². The first-order valence-corrected chi connectivity index (χ1v) is 5.92. The maximum absolute atomic E-state index is 13.3. The highest BCUT2D eigenvalue weighted by atomic mass is 35.5. The molecule has 5 heteroatoms. The zero-order chi connectivity index (χ0) is 12.3. The van der Waals surface area contributed by atoms with Gasteiger partial charge in [0.25, 0.3) is 5.91 Å².